The van der Waals surface area contributed by atoms with Crippen LogP contribution in [0.15, 0.2) is 36.4 Å². The van der Waals surface area contributed by atoms with E-state index in [0.717, 1.165) is 5.56 Å². The number of methoxy groups -OCH3 is 2. The maximum absolute atomic E-state index is 12.7. The summed E-state index contributed by atoms with van der Waals surface area (Å²) in [6.45, 7) is 1.53. The highest BCUT2D eigenvalue weighted by molar-refractivity contribution is 6.07. The van der Waals surface area contributed by atoms with Crippen molar-refractivity contribution in [2.75, 3.05) is 32.2 Å². The van der Waals surface area contributed by atoms with E-state index in [4.69, 9.17) is 9.47 Å². The van der Waals surface area contributed by atoms with Crippen LogP contribution in [0.3, 0.4) is 0 Å². The monoisotopic (exact) mass is 397 g/mol. The van der Waals surface area contributed by atoms with Gasteiger partial charge in [-0.15, -0.1) is 0 Å². The SMILES string of the molecule is COc1cc(N2CCC3(CC2)C(=O)NC(=O)N3Cc2ccccc2)nc(OC)n1. The van der Waals surface area contributed by atoms with E-state index >= 15 is 0 Å². The van der Waals surface area contributed by atoms with Crippen LogP contribution in [0.5, 0.6) is 11.9 Å². The second-order valence-corrected chi connectivity index (χ2v) is 7.10. The van der Waals surface area contributed by atoms with Gasteiger partial charge in [0, 0.05) is 25.7 Å². The quantitative estimate of drug-likeness (QED) is 0.765. The summed E-state index contributed by atoms with van der Waals surface area (Å²) < 4.78 is 10.4. The normalized spacial score (nSPS) is 18.1. The lowest BCUT2D eigenvalue weighted by atomic mass is 9.85. The molecule has 2 aromatic rings. The summed E-state index contributed by atoms with van der Waals surface area (Å²) >= 11 is 0. The standard InChI is InChI=1S/C20H23N5O4/c1-28-16-12-15(21-18(22-16)29-2)24-10-8-20(9-11-24)17(26)23-19(27)25(20)13-14-6-4-3-5-7-14/h3-7,12H,8-11,13H2,1-2H3,(H,23,26,27). The summed E-state index contributed by atoms with van der Waals surface area (Å²) in [5, 5.41) is 2.50. The van der Waals surface area contributed by atoms with Crippen LogP contribution in [0.25, 0.3) is 0 Å². The Morgan fingerprint density at radius 2 is 1.79 bits per heavy atom. The molecule has 0 unspecified atom stereocenters. The van der Waals surface area contributed by atoms with Gasteiger partial charge in [-0.3, -0.25) is 10.1 Å². The summed E-state index contributed by atoms with van der Waals surface area (Å²) in [7, 11) is 3.03. The van der Waals surface area contributed by atoms with Gasteiger partial charge in [-0.05, 0) is 18.4 Å². The maximum atomic E-state index is 12.7. The lowest BCUT2D eigenvalue weighted by Crippen LogP contribution is -2.56. The molecule has 9 nitrogen and oxygen atoms in total. The molecule has 0 radical (unpaired) electrons. The van der Waals surface area contributed by atoms with Gasteiger partial charge in [-0.1, -0.05) is 30.3 Å². The smallest absolute Gasteiger partial charge is 0.325 e. The second kappa shape index (κ2) is 7.57. The minimum atomic E-state index is -0.843. The van der Waals surface area contributed by atoms with Gasteiger partial charge in [0.25, 0.3) is 5.91 Å². The summed E-state index contributed by atoms with van der Waals surface area (Å²) in [6, 6.07) is 11.3. The van der Waals surface area contributed by atoms with Gasteiger partial charge in [0.2, 0.25) is 5.88 Å². The molecular weight excluding hydrogens is 374 g/mol. The Morgan fingerprint density at radius 3 is 2.45 bits per heavy atom. The number of piperidine rings is 1. The third-order valence-electron chi connectivity index (χ3n) is 5.56. The Hall–Kier alpha value is -3.36. The molecule has 2 aliphatic rings. The molecule has 29 heavy (non-hydrogen) atoms. The molecule has 3 amide bonds. The molecule has 9 heteroatoms. The van der Waals surface area contributed by atoms with Crippen LogP contribution in [0.2, 0.25) is 0 Å². The Morgan fingerprint density at radius 1 is 1.07 bits per heavy atom. The molecule has 1 N–H and O–H groups in total. The number of nitrogens with zero attached hydrogens (tertiary/aromatic N) is 4. The molecule has 0 saturated carbocycles. The summed E-state index contributed by atoms with van der Waals surface area (Å²) in [5.41, 5.74) is 0.148. The van der Waals surface area contributed by atoms with Crippen molar-refractivity contribution >= 4 is 17.8 Å². The fraction of sp³-hybridized carbons (Fsp3) is 0.400. The number of anilines is 1. The molecule has 4 rings (SSSR count). The number of rotatable bonds is 5. The van der Waals surface area contributed by atoms with E-state index in [-0.39, 0.29) is 17.9 Å². The van der Waals surface area contributed by atoms with Crippen LogP contribution in [-0.2, 0) is 11.3 Å². The van der Waals surface area contributed by atoms with Gasteiger partial charge < -0.3 is 19.3 Å². The predicted molar refractivity (Wildman–Crippen MR) is 105 cm³/mol. The van der Waals surface area contributed by atoms with Crippen LogP contribution < -0.4 is 19.7 Å². The van der Waals surface area contributed by atoms with Gasteiger partial charge in [0.1, 0.15) is 11.4 Å². The van der Waals surface area contributed by atoms with E-state index in [9.17, 15) is 9.59 Å². The lowest BCUT2D eigenvalue weighted by Gasteiger charge is -2.42. The number of carbonyl (C=O) groups is 2. The van der Waals surface area contributed by atoms with E-state index in [0.29, 0.717) is 44.2 Å². The molecule has 1 aromatic heterocycles. The largest absolute Gasteiger partial charge is 0.481 e. The molecule has 1 aromatic carbocycles. The topological polar surface area (TPSA) is 96.9 Å². The van der Waals surface area contributed by atoms with E-state index in [2.05, 4.69) is 20.2 Å². The van der Waals surface area contributed by atoms with Crippen molar-refractivity contribution in [3.05, 3.63) is 42.0 Å². The van der Waals surface area contributed by atoms with Crippen molar-refractivity contribution < 1.29 is 19.1 Å². The minimum Gasteiger partial charge on any atom is -0.481 e. The first-order valence-corrected chi connectivity index (χ1v) is 9.45. The molecule has 3 heterocycles. The fourth-order valence-electron chi connectivity index (χ4n) is 3.94. The highest BCUT2D eigenvalue weighted by Gasteiger charge is 2.54. The van der Waals surface area contributed by atoms with E-state index in [1.165, 1.54) is 14.2 Å². The van der Waals surface area contributed by atoms with Gasteiger partial charge in [-0.2, -0.15) is 9.97 Å². The number of carbonyl (C=O) groups excluding carboxylic acids is 2. The first-order valence-electron chi connectivity index (χ1n) is 9.45. The number of hydrogen-bond donors (Lipinski definition) is 1. The molecule has 0 aliphatic carbocycles. The average molecular weight is 397 g/mol. The van der Waals surface area contributed by atoms with Gasteiger partial charge >= 0.3 is 12.0 Å². The van der Waals surface area contributed by atoms with Crippen LogP contribution in [-0.4, -0.2) is 59.7 Å². The zero-order valence-corrected chi connectivity index (χ0v) is 16.4. The minimum absolute atomic E-state index is 0.221. The number of ether oxygens (including phenoxy) is 2. The van der Waals surface area contributed by atoms with Gasteiger partial charge in [-0.25, -0.2) is 4.79 Å². The highest BCUT2D eigenvalue weighted by atomic mass is 16.5. The highest BCUT2D eigenvalue weighted by Crippen LogP contribution is 2.36. The predicted octanol–water partition coefficient (Wildman–Crippen LogP) is 1.58. The van der Waals surface area contributed by atoms with Crippen LogP contribution in [0, 0.1) is 0 Å². The van der Waals surface area contributed by atoms with E-state index < -0.39 is 5.54 Å². The Labute approximate surface area is 168 Å². The number of aromatic nitrogens is 2. The number of hydrogen-bond acceptors (Lipinski definition) is 7. The molecule has 0 bridgehead atoms. The van der Waals surface area contributed by atoms with Gasteiger partial charge in [0.05, 0.1) is 14.2 Å². The lowest BCUT2D eigenvalue weighted by molar-refractivity contribution is -0.127. The van der Waals surface area contributed by atoms with Crippen molar-refractivity contribution in [1.29, 1.82) is 0 Å². The third-order valence-corrected chi connectivity index (χ3v) is 5.56. The van der Waals surface area contributed by atoms with Gasteiger partial charge in [0.15, 0.2) is 0 Å². The van der Waals surface area contributed by atoms with Crippen molar-refractivity contribution in [2.45, 2.75) is 24.9 Å². The zero-order valence-electron chi connectivity index (χ0n) is 16.4. The van der Waals surface area contributed by atoms with Crippen LogP contribution in [0.4, 0.5) is 10.6 Å². The summed E-state index contributed by atoms with van der Waals surface area (Å²) in [5.74, 6) is 0.852. The molecule has 2 fully saturated rings. The summed E-state index contributed by atoms with van der Waals surface area (Å²) in [6.07, 6.45) is 1.01. The number of benzene rings is 1. The number of nitrogens with one attached hydrogen (secondary N) is 1. The van der Waals surface area contributed by atoms with Crippen molar-refractivity contribution in [1.82, 2.24) is 20.2 Å². The average Bonchev–Trinajstić information content (AvgIpc) is 2.98. The molecule has 0 atom stereocenters. The summed E-state index contributed by atoms with van der Waals surface area (Å²) in [4.78, 5) is 37.5. The van der Waals surface area contributed by atoms with Crippen LogP contribution >= 0.6 is 0 Å². The maximum Gasteiger partial charge on any atom is 0.325 e. The Bertz CT molecular complexity index is 890. The Kier molecular flexibility index (Phi) is 4.96. The Balaban J connectivity index is 1.55. The van der Waals surface area contributed by atoms with Crippen molar-refractivity contribution in [3.63, 3.8) is 0 Å². The van der Waals surface area contributed by atoms with Crippen molar-refractivity contribution in [3.8, 4) is 11.9 Å². The molecule has 2 aliphatic heterocycles. The molecular formula is C20H23N5O4. The van der Waals surface area contributed by atoms with Crippen LogP contribution in [0.1, 0.15) is 18.4 Å². The number of urea groups is 1. The fourth-order valence-corrected chi connectivity index (χ4v) is 3.94. The molecule has 2 saturated heterocycles. The second-order valence-electron chi connectivity index (χ2n) is 7.10. The molecule has 1 spiro atoms. The van der Waals surface area contributed by atoms with E-state index in [1.807, 2.05) is 30.3 Å². The third kappa shape index (κ3) is 3.43. The van der Waals surface area contributed by atoms with E-state index in [1.54, 1.807) is 11.0 Å². The zero-order chi connectivity index (χ0) is 20.4. The first-order chi connectivity index (χ1) is 14.1. The number of imide groups is 1. The molecule has 152 valence electrons. The van der Waals surface area contributed by atoms with Crippen molar-refractivity contribution in [2.24, 2.45) is 0 Å². The number of amides is 3. The first kappa shape index (κ1) is 19.0.